The number of nitriles is 1. The van der Waals surface area contributed by atoms with E-state index in [1.54, 1.807) is 4.68 Å². The Kier molecular flexibility index (Phi) is 4.08. The second-order valence-electron chi connectivity index (χ2n) is 6.66. The van der Waals surface area contributed by atoms with Crippen LogP contribution < -0.4 is 19.9 Å². The van der Waals surface area contributed by atoms with Crippen molar-refractivity contribution in [1.29, 1.82) is 5.26 Å². The molecule has 0 aliphatic carbocycles. The predicted octanol–water partition coefficient (Wildman–Crippen LogP) is 3.67. The fraction of sp³-hybridized carbons (Fsp3) is 0.143. The van der Waals surface area contributed by atoms with Crippen molar-refractivity contribution in [3.8, 4) is 29.1 Å². The monoisotopic (exact) mass is 450 g/mol. The minimum atomic E-state index is -0.904. The first kappa shape index (κ1) is 17.8. The molecule has 2 aromatic carbocycles. The highest BCUT2D eigenvalue weighted by atomic mass is 79.9. The van der Waals surface area contributed by atoms with Crippen LogP contribution in [0.2, 0.25) is 0 Å². The lowest BCUT2D eigenvalue weighted by atomic mass is 9.91. The maximum Gasteiger partial charge on any atom is 0.231 e. The van der Waals surface area contributed by atoms with Crippen LogP contribution in [-0.4, -0.2) is 22.8 Å². The summed E-state index contributed by atoms with van der Waals surface area (Å²) in [5.41, 5.74) is 10.4. The van der Waals surface area contributed by atoms with Gasteiger partial charge in [0.05, 0.1) is 22.5 Å². The summed E-state index contributed by atoms with van der Waals surface area (Å²) in [5.74, 6) is 1.81. The van der Waals surface area contributed by atoms with Gasteiger partial charge >= 0.3 is 0 Å². The zero-order valence-electron chi connectivity index (χ0n) is 15.3. The van der Waals surface area contributed by atoms with Crippen molar-refractivity contribution in [3.05, 3.63) is 69.3 Å². The molecule has 2 aliphatic rings. The third-order valence-corrected chi connectivity index (χ3v) is 5.44. The molecule has 29 heavy (non-hydrogen) atoms. The van der Waals surface area contributed by atoms with E-state index in [1.807, 2.05) is 49.4 Å². The molecule has 2 N–H and O–H groups in total. The molecule has 2 aliphatic heterocycles. The number of aryl methyl sites for hydroxylation is 1. The summed E-state index contributed by atoms with van der Waals surface area (Å²) in [6.45, 7) is 2.06. The number of ether oxygens (including phenoxy) is 3. The van der Waals surface area contributed by atoms with E-state index < -0.39 is 6.23 Å². The largest absolute Gasteiger partial charge is 0.454 e. The Balaban J connectivity index is 1.73. The molecular formula is C21H15BrN4O3. The summed E-state index contributed by atoms with van der Waals surface area (Å²) in [6, 6.07) is 15.5. The minimum absolute atomic E-state index is 0.178. The number of hydrogen-bond acceptors (Lipinski definition) is 6. The van der Waals surface area contributed by atoms with Crippen molar-refractivity contribution < 1.29 is 14.2 Å². The van der Waals surface area contributed by atoms with Gasteiger partial charge in [0.15, 0.2) is 17.7 Å². The molecule has 7 nitrogen and oxygen atoms in total. The predicted molar refractivity (Wildman–Crippen MR) is 109 cm³/mol. The van der Waals surface area contributed by atoms with E-state index in [0.717, 1.165) is 27.0 Å². The summed E-state index contributed by atoms with van der Waals surface area (Å²) >= 11 is 3.44. The Hall–Kier alpha value is -3.28. The van der Waals surface area contributed by atoms with Gasteiger partial charge in [0, 0.05) is 10.0 Å². The van der Waals surface area contributed by atoms with E-state index >= 15 is 0 Å². The standard InChI is InChI=1S/C21H15BrN4O3/c1-11-18-19(12-2-7-16-17(8-12)28-10-27-16)15(9-23)20(24)29-21(18)26(25-11)14-5-3-13(22)4-6-14/h2-8,20H,10,24H2,1H3. The van der Waals surface area contributed by atoms with Gasteiger partial charge in [-0.25, -0.2) is 4.68 Å². The van der Waals surface area contributed by atoms with E-state index in [0.29, 0.717) is 28.5 Å². The van der Waals surface area contributed by atoms with Crippen molar-refractivity contribution in [3.63, 3.8) is 0 Å². The Bertz CT molecular complexity index is 1210. The Morgan fingerprint density at radius 2 is 1.93 bits per heavy atom. The van der Waals surface area contributed by atoms with Gasteiger partial charge in [0.2, 0.25) is 12.7 Å². The highest BCUT2D eigenvalue weighted by molar-refractivity contribution is 9.10. The lowest BCUT2D eigenvalue weighted by Gasteiger charge is -2.25. The molecule has 0 amide bonds. The highest BCUT2D eigenvalue weighted by Gasteiger charge is 2.34. The van der Waals surface area contributed by atoms with E-state index in [1.165, 1.54) is 0 Å². The first-order chi connectivity index (χ1) is 14.1. The van der Waals surface area contributed by atoms with Crippen LogP contribution in [0.4, 0.5) is 0 Å². The number of benzene rings is 2. The second-order valence-corrected chi connectivity index (χ2v) is 7.58. The SMILES string of the molecule is Cc1nn(-c2ccc(Br)cc2)c2c1C(c1ccc3c(c1)OCO3)=C(C#N)C(N)O2. The van der Waals surface area contributed by atoms with Gasteiger partial charge in [-0.3, -0.25) is 5.73 Å². The van der Waals surface area contributed by atoms with E-state index in [-0.39, 0.29) is 6.79 Å². The van der Waals surface area contributed by atoms with Crippen molar-refractivity contribution in [1.82, 2.24) is 9.78 Å². The molecule has 3 heterocycles. The average molecular weight is 451 g/mol. The molecule has 8 heteroatoms. The third kappa shape index (κ3) is 2.78. The number of hydrogen-bond donors (Lipinski definition) is 1. The molecule has 1 atom stereocenters. The normalized spacial score (nSPS) is 17.0. The van der Waals surface area contributed by atoms with Crippen LogP contribution in [0.15, 0.2) is 52.5 Å². The Morgan fingerprint density at radius 1 is 1.17 bits per heavy atom. The fourth-order valence-electron chi connectivity index (χ4n) is 3.59. The highest BCUT2D eigenvalue weighted by Crippen LogP contribution is 2.44. The summed E-state index contributed by atoms with van der Waals surface area (Å²) in [4.78, 5) is 0. The second kappa shape index (κ2) is 6.65. The van der Waals surface area contributed by atoms with Gasteiger partial charge in [-0.15, -0.1) is 0 Å². The minimum Gasteiger partial charge on any atom is -0.454 e. The first-order valence-corrected chi connectivity index (χ1v) is 9.68. The molecule has 0 bridgehead atoms. The van der Waals surface area contributed by atoms with Gasteiger partial charge in [-0.05, 0) is 48.9 Å². The van der Waals surface area contributed by atoms with Crippen molar-refractivity contribution in [2.45, 2.75) is 13.2 Å². The molecule has 0 saturated heterocycles. The van der Waals surface area contributed by atoms with Gasteiger partial charge in [0.1, 0.15) is 6.07 Å². The van der Waals surface area contributed by atoms with E-state index in [2.05, 4.69) is 27.1 Å². The van der Waals surface area contributed by atoms with Crippen molar-refractivity contribution in [2.24, 2.45) is 5.73 Å². The van der Waals surface area contributed by atoms with E-state index in [9.17, 15) is 5.26 Å². The maximum absolute atomic E-state index is 9.80. The lowest BCUT2D eigenvalue weighted by Crippen LogP contribution is -2.33. The van der Waals surface area contributed by atoms with Gasteiger partial charge < -0.3 is 14.2 Å². The quantitative estimate of drug-likeness (QED) is 0.639. The van der Waals surface area contributed by atoms with Crippen LogP contribution in [0.25, 0.3) is 11.3 Å². The fourth-order valence-corrected chi connectivity index (χ4v) is 3.85. The topological polar surface area (TPSA) is 95.3 Å². The smallest absolute Gasteiger partial charge is 0.231 e. The van der Waals surface area contributed by atoms with Crippen molar-refractivity contribution >= 4 is 21.5 Å². The lowest BCUT2D eigenvalue weighted by molar-refractivity contribution is 0.174. The Morgan fingerprint density at radius 3 is 2.69 bits per heavy atom. The molecule has 1 aromatic heterocycles. The van der Waals surface area contributed by atoms with Crippen LogP contribution in [0.5, 0.6) is 17.4 Å². The molecule has 1 unspecified atom stereocenters. The van der Waals surface area contributed by atoms with Gasteiger partial charge in [-0.1, -0.05) is 22.0 Å². The molecule has 0 saturated carbocycles. The van der Waals surface area contributed by atoms with Crippen LogP contribution in [0, 0.1) is 18.3 Å². The Labute approximate surface area is 175 Å². The molecule has 3 aromatic rings. The van der Waals surface area contributed by atoms with E-state index in [4.69, 9.17) is 19.9 Å². The number of fused-ring (bicyclic) bond motifs is 2. The van der Waals surface area contributed by atoms with Crippen LogP contribution in [0.3, 0.4) is 0 Å². The summed E-state index contributed by atoms with van der Waals surface area (Å²) in [7, 11) is 0. The zero-order chi connectivity index (χ0) is 20.1. The number of nitrogens with zero attached hydrogens (tertiary/aromatic N) is 3. The first-order valence-electron chi connectivity index (χ1n) is 8.89. The van der Waals surface area contributed by atoms with Gasteiger partial charge in [0.25, 0.3) is 0 Å². The molecule has 0 fully saturated rings. The number of aromatic nitrogens is 2. The number of rotatable bonds is 2. The zero-order valence-corrected chi connectivity index (χ0v) is 16.9. The van der Waals surface area contributed by atoms with Crippen molar-refractivity contribution in [2.75, 3.05) is 6.79 Å². The van der Waals surface area contributed by atoms with Crippen LogP contribution >= 0.6 is 15.9 Å². The average Bonchev–Trinajstić information content (AvgIpc) is 3.31. The van der Waals surface area contributed by atoms with Crippen LogP contribution in [0.1, 0.15) is 16.8 Å². The summed E-state index contributed by atoms with van der Waals surface area (Å²) in [5, 5.41) is 14.5. The van der Waals surface area contributed by atoms with Crippen LogP contribution in [-0.2, 0) is 0 Å². The molecule has 0 spiro atoms. The number of nitrogens with two attached hydrogens (primary N) is 1. The third-order valence-electron chi connectivity index (χ3n) is 4.91. The summed E-state index contributed by atoms with van der Waals surface area (Å²) in [6.07, 6.45) is -0.904. The molecule has 144 valence electrons. The summed E-state index contributed by atoms with van der Waals surface area (Å²) < 4.78 is 19.5. The maximum atomic E-state index is 9.80. The number of halogens is 1. The van der Waals surface area contributed by atoms with Gasteiger partial charge in [-0.2, -0.15) is 10.4 Å². The molecule has 5 rings (SSSR count). The molecule has 0 radical (unpaired) electrons. The molecular weight excluding hydrogens is 436 g/mol.